The van der Waals surface area contributed by atoms with Gasteiger partial charge in [0.25, 0.3) is 0 Å². The molecule has 0 aliphatic heterocycles. The summed E-state index contributed by atoms with van der Waals surface area (Å²) >= 11 is 0. The van der Waals surface area contributed by atoms with Crippen LogP contribution in [-0.2, 0) is 5.67 Å². The fourth-order valence-electron chi connectivity index (χ4n) is 0.923. The van der Waals surface area contributed by atoms with E-state index < -0.39 is 5.67 Å². The van der Waals surface area contributed by atoms with Gasteiger partial charge in [0.1, 0.15) is 12.0 Å². The topological polar surface area (TPSA) is 42.9 Å². The summed E-state index contributed by atoms with van der Waals surface area (Å²) < 4.78 is 13.3. The van der Waals surface area contributed by atoms with Gasteiger partial charge in [0.15, 0.2) is 6.29 Å². The second-order valence-electron chi connectivity index (χ2n) is 2.92. The molecule has 0 N–H and O–H groups in total. The molecule has 0 spiro atoms. The smallest absolute Gasteiger partial charge is 0.153 e. The van der Waals surface area contributed by atoms with Gasteiger partial charge in [0.05, 0.1) is 11.3 Å². The Bertz CT molecular complexity index is 293. The number of rotatable bonds is 2. The Labute approximate surface area is 69.7 Å². The molecule has 4 heteroatoms. The maximum absolute atomic E-state index is 13.3. The van der Waals surface area contributed by atoms with Gasteiger partial charge in [-0.1, -0.05) is 0 Å². The van der Waals surface area contributed by atoms with E-state index in [2.05, 4.69) is 9.97 Å². The van der Waals surface area contributed by atoms with Crippen LogP contribution in [0.3, 0.4) is 0 Å². The van der Waals surface area contributed by atoms with Gasteiger partial charge in [0.2, 0.25) is 0 Å². The van der Waals surface area contributed by atoms with Crippen LogP contribution in [0.15, 0.2) is 12.5 Å². The van der Waals surface area contributed by atoms with E-state index in [1.165, 1.54) is 26.4 Å². The first-order valence-electron chi connectivity index (χ1n) is 3.50. The van der Waals surface area contributed by atoms with Crippen molar-refractivity contribution >= 4 is 6.29 Å². The summed E-state index contributed by atoms with van der Waals surface area (Å²) in [4.78, 5) is 17.8. The average molecular weight is 168 g/mol. The summed E-state index contributed by atoms with van der Waals surface area (Å²) in [6.07, 6.45) is 3.08. The molecule has 0 aliphatic rings. The highest BCUT2D eigenvalue weighted by Gasteiger charge is 2.23. The lowest BCUT2D eigenvalue weighted by Crippen LogP contribution is -2.14. The fourth-order valence-corrected chi connectivity index (χ4v) is 0.923. The van der Waals surface area contributed by atoms with E-state index in [9.17, 15) is 9.18 Å². The first kappa shape index (κ1) is 8.77. The molecule has 1 rings (SSSR count). The van der Waals surface area contributed by atoms with Crippen LogP contribution in [0, 0.1) is 0 Å². The Balaban J connectivity index is 3.23. The second kappa shape index (κ2) is 2.97. The summed E-state index contributed by atoms with van der Waals surface area (Å²) in [5, 5.41) is 0. The third-order valence-electron chi connectivity index (χ3n) is 1.43. The third kappa shape index (κ3) is 1.64. The van der Waals surface area contributed by atoms with E-state index in [-0.39, 0.29) is 11.3 Å². The highest BCUT2D eigenvalue weighted by atomic mass is 19.1. The molecule has 0 atom stereocenters. The lowest BCUT2D eigenvalue weighted by Gasteiger charge is -2.13. The number of carbonyl (C=O) groups excluding carboxylic acids is 1. The number of halogens is 1. The highest BCUT2D eigenvalue weighted by molar-refractivity contribution is 5.76. The molecular formula is C8H9FN2O. The number of aromatic nitrogens is 2. The normalized spacial score (nSPS) is 11.2. The van der Waals surface area contributed by atoms with E-state index >= 15 is 0 Å². The Morgan fingerprint density at radius 3 is 2.67 bits per heavy atom. The van der Waals surface area contributed by atoms with Gasteiger partial charge in [-0.2, -0.15) is 0 Å². The summed E-state index contributed by atoms with van der Waals surface area (Å²) in [7, 11) is 0. The predicted octanol–water partition coefficient (Wildman–Crippen LogP) is 1.49. The first-order chi connectivity index (χ1) is 5.55. The molecule has 12 heavy (non-hydrogen) atoms. The zero-order valence-electron chi connectivity index (χ0n) is 6.91. The molecule has 0 unspecified atom stereocenters. The number of aldehydes is 1. The standard InChI is InChI=1S/C8H9FN2O/c1-8(2,9)7-6(4-12)3-10-5-11-7/h3-5H,1-2H3. The van der Waals surface area contributed by atoms with Crippen LogP contribution in [0.2, 0.25) is 0 Å². The molecule has 0 saturated heterocycles. The van der Waals surface area contributed by atoms with Gasteiger partial charge in [-0.25, -0.2) is 14.4 Å². The molecular weight excluding hydrogens is 159 g/mol. The third-order valence-corrected chi connectivity index (χ3v) is 1.43. The molecule has 1 aromatic heterocycles. The van der Waals surface area contributed by atoms with Crippen LogP contribution < -0.4 is 0 Å². The summed E-state index contributed by atoms with van der Waals surface area (Å²) in [6.45, 7) is 2.70. The van der Waals surface area contributed by atoms with Crippen LogP contribution in [0.5, 0.6) is 0 Å². The predicted molar refractivity (Wildman–Crippen MR) is 41.6 cm³/mol. The lowest BCUT2D eigenvalue weighted by molar-refractivity contribution is 0.111. The van der Waals surface area contributed by atoms with Crippen molar-refractivity contribution in [3.8, 4) is 0 Å². The Hall–Kier alpha value is -1.32. The minimum Gasteiger partial charge on any atom is -0.298 e. The van der Waals surface area contributed by atoms with E-state index in [1.54, 1.807) is 0 Å². The zero-order chi connectivity index (χ0) is 9.19. The molecule has 64 valence electrons. The Morgan fingerprint density at radius 1 is 1.58 bits per heavy atom. The molecule has 0 amide bonds. The van der Waals surface area contributed by atoms with Crippen LogP contribution in [0.25, 0.3) is 0 Å². The van der Waals surface area contributed by atoms with E-state index in [1.807, 2.05) is 0 Å². The SMILES string of the molecule is CC(C)(F)c1ncncc1C=O. The van der Waals surface area contributed by atoms with Crippen molar-refractivity contribution in [3.63, 3.8) is 0 Å². The van der Waals surface area contributed by atoms with Crippen molar-refractivity contribution in [2.75, 3.05) is 0 Å². The molecule has 1 heterocycles. The van der Waals surface area contributed by atoms with E-state index in [4.69, 9.17) is 0 Å². The van der Waals surface area contributed by atoms with Crippen molar-refractivity contribution in [1.29, 1.82) is 0 Å². The van der Waals surface area contributed by atoms with Gasteiger partial charge < -0.3 is 0 Å². The molecule has 0 bridgehead atoms. The molecule has 0 radical (unpaired) electrons. The summed E-state index contributed by atoms with van der Waals surface area (Å²) in [5.41, 5.74) is -1.27. The van der Waals surface area contributed by atoms with Gasteiger partial charge in [-0.15, -0.1) is 0 Å². The lowest BCUT2D eigenvalue weighted by atomic mass is 10.0. The molecule has 1 aromatic rings. The summed E-state index contributed by atoms with van der Waals surface area (Å²) in [6, 6.07) is 0. The average Bonchev–Trinajstić information content (AvgIpc) is 2.03. The van der Waals surface area contributed by atoms with Crippen molar-refractivity contribution in [2.24, 2.45) is 0 Å². The molecule has 0 saturated carbocycles. The van der Waals surface area contributed by atoms with Gasteiger partial charge in [-0.3, -0.25) is 4.79 Å². The highest BCUT2D eigenvalue weighted by Crippen LogP contribution is 2.23. The first-order valence-corrected chi connectivity index (χ1v) is 3.50. The Morgan fingerprint density at radius 2 is 2.25 bits per heavy atom. The molecule has 0 aromatic carbocycles. The van der Waals surface area contributed by atoms with Crippen molar-refractivity contribution < 1.29 is 9.18 Å². The Kier molecular flexibility index (Phi) is 2.17. The van der Waals surface area contributed by atoms with Gasteiger partial charge in [-0.05, 0) is 13.8 Å². The second-order valence-corrected chi connectivity index (χ2v) is 2.92. The van der Waals surface area contributed by atoms with Crippen molar-refractivity contribution in [3.05, 3.63) is 23.8 Å². The van der Waals surface area contributed by atoms with Crippen molar-refractivity contribution in [2.45, 2.75) is 19.5 Å². The van der Waals surface area contributed by atoms with Crippen LogP contribution >= 0.6 is 0 Å². The maximum atomic E-state index is 13.3. The van der Waals surface area contributed by atoms with Gasteiger partial charge in [0, 0.05) is 6.20 Å². The van der Waals surface area contributed by atoms with E-state index in [0.717, 1.165) is 0 Å². The van der Waals surface area contributed by atoms with Crippen LogP contribution in [0.1, 0.15) is 29.9 Å². The molecule has 0 aliphatic carbocycles. The van der Waals surface area contributed by atoms with Gasteiger partial charge >= 0.3 is 0 Å². The molecule has 3 nitrogen and oxygen atoms in total. The number of nitrogens with zero attached hydrogens (tertiary/aromatic N) is 2. The fraction of sp³-hybridized carbons (Fsp3) is 0.375. The van der Waals surface area contributed by atoms with Crippen LogP contribution in [0.4, 0.5) is 4.39 Å². The zero-order valence-corrected chi connectivity index (χ0v) is 6.91. The maximum Gasteiger partial charge on any atom is 0.153 e. The monoisotopic (exact) mass is 168 g/mol. The number of alkyl halides is 1. The van der Waals surface area contributed by atoms with Crippen LogP contribution in [-0.4, -0.2) is 16.3 Å². The summed E-state index contributed by atoms with van der Waals surface area (Å²) in [5.74, 6) is 0. The number of hydrogen-bond donors (Lipinski definition) is 0. The van der Waals surface area contributed by atoms with Crippen molar-refractivity contribution in [1.82, 2.24) is 9.97 Å². The largest absolute Gasteiger partial charge is 0.298 e. The quantitative estimate of drug-likeness (QED) is 0.628. The molecule has 0 fully saturated rings. The number of carbonyl (C=O) groups is 1. The minimum atomic E-state index is -1.60. The number of hydrogen-bond acceptors (Lipinski definition) is 3. The van der Waals surface area contributed by atoms with E-state index in [0.29, 0.717) is 6.29 Å². The minimum absolute atomic E-state index is 0.132.